The van der Waals surface area contributed by atoms with Gasteiger partial charge in [0.2, 0.25) is 0 Å². The molecule has 1 N–H and O–H groups in total. The Hall–Kier alpha value is -1.27. The van der Waals surface area contributed by atoms with E-state index in [9.17, 15) is 13.2 Å². The Morgan fingerprint density at radius 3 is 2.38 bits per heavy atom. The molecule has 1 saturated heterocycles. The molecule has 1 aromatic carbocycles. The molecule has 0 saturated carbocycles. The standard InChI is InChI=1S/C15H21F3N2O/c1-12(20-8-2-3-9-20)10-19-11-13-4-6-14(7-5-13)21-15(16,17)18/h4-7,12,19H,2-3,8-11H2,1H3. The second-order valence-electron chi connectivity index (χ2n) is 5.41. The lowest BCUT2D eigenvalue weighted by atomic mass is 10.2. The Bertz CT molecular complexity index is 428. The summed E-state index contributed by atoms with van der Waals surface area (Å²) >= 11 is 0. The zero-order chi connectivity index (χ0) is 15.3. The van der Waals surface area contributed by atoms with Gasteiger partial charge in [0.05, 0.1) is 0 Å². The van der Waals surface area contributed by atoms with E-state index in [1.54, 1.807) is 12.1 Å². The van der Waals surface area contributed by atoms with Gasteiger partial charge in [-0.25, -0.2) is 0 Å². The lowest BCUT2D eigenvalue weighted by Gasteiger charge is -2.24. The van der Waals surface area contributed by atoms with Crippen molar-refractivity contribution >= 4 is 0 Å². The number of nitrogens with one attached hydrogen (secondary N) is 1. The fourth-order valence-corrected chi connectivity index (χ4v) is 2.55. The zero-order valence-corrected chi connectivity index (χ0v) is 12.1. The Morgan fingerprint density at radius 2 is 1.81 bits per heavy atom. The third kappa shape index (κ3) is 5.55. The van der Waals surface area contributed by atoms with Crippen LogP contribution in [0.25, 0.3) is 0 Å². The molecule has 3 nitrogen and oxygen atoms in total. The quantitative estimate of drug-likeness (QED) is 0.873. The Labute approximate surface area is 123 Å². The smallest absolute Gasteiger partial charge is 0.406 e. The first-order valence-electron chi connectivity index (χ1n) is 7.23. The van der Waals surface area contributed by atoms with Crippen LogP contribution in [0.3, 0.4) is 0 Å². The highest BCUT2D eigenvalue weighted by Crippen LogP contribution is 2.22. The van der Waals surface area contributed by atoms with E-state index >= 15 is 0 Å². The van der Waals surface area contributed by atoms with Crippen molar-refractivity contribution in [3.05, 3.63) is 29.8 Å². The molecule has 118 valence electrons. The minimum absolute atomic E-state index is 0.184. The summed E-state index contributed by atoms with van der Waals surface area (Å²) in [6.07, 6.45) is -2.10. The summed E-state index contributed by atoms with van der Waals surface area (Å²) in [6.45, 7) is 6.03. The van der Waals surface area contributed by atoms with Gasteiger partial charge in [0.15, 0.2) is 0 Å². The number of benzene rings is 1. The monoisotopic (exact) mass is 302 g/mol. The normalized spacial score (nSPS) is 17.9. The molecule has 1 aromatic rings. The predicted octanol–water partition coefficient (Wildman–Crippen LogP) is 3.16. The summed E-state index contributed by atoms with van der Waals surface area (Å²) in [6, 6.07) is 6.46. The summed E-state index contributed by atoms with van der Waals surface area (Å²) in [5.41, 5.74) is 0.943. The number of hydrogen-bond acceptors (Lipinski definition) is 3. The molecule has 0 radical (unpaired) electrons. The highest BCUT2D eigenvalue weighted by Gasteiger charge is 2.30. The van der Waals surface area contributed by atoms with Gasteiger partial charge in [-0.05, 0) is 50.6 Å². The average molecular weight is 302 g/mol. The fourth-order valence-electron chi connectivity index (χ4n) is 2.55. The van der Waals surface area contributed by atoms with E-state index in [-0.39, 0.29) is 5.75 Å². The molecule has 1 aliphatic rings. The number of halogens is 3. The van der Waals surface area contributed by atoms with Crippen molar-refractivity contribution in [2.24, 2.45) is 0 Å². The van der Waals surface area contributed by atoms with Gasteiger partial charge in [-0.3, -0.25) is 4.90 Å². The number of alkyl halides is 3. The van der Waals surface area contributed by atoms with E-state index in [4.69, 9.17) is 0 Å². The van der Waals surface area contributed by atoms with Gasteiger partial charge in [-0.1, -0.05) is 12.1 Å². The van der Waals surface area contributed by atoms with Crippen LogP contribution in [0.4, 0.5) is 13.2 Å². The van der Waals surface area contributed by atoms with Crippen molar-refractivity contribution in [3.8, 4) is 5.75 Å². The van der Waals surface area contributed by atoms with Crippen molar-refractivity contribution in [2.75, 3.05) is 19.6 Å². The molecule has 2 rings (SSSR count). The summed E-state index contributed by atoms with van der Waals surface area (Å²) in [5.74, 6) is -0.184. The molecule has 0 spiro atoms. The summed E-state index contributed by atoms with van der Waals surface area (Å²) < 4.78 is 40.0. The molecule has 1 heterocycles. The molecule has 1 unspecified atom stereocenters. The Morgan fingerprint density at radius 1 is 1.19 bits per heavy atom. The molecule has 1 atom stereocenters. The van der Waals surface area contributed by atoms with Gasteiger partial charge in [0.25, 0.3) is 0 Å². The Balaban J connectivity index is 1.73. The first-order chi connectivity index (χ1) is 9.94. The van der Waals surface area contributed by atoms with Crippen LogP contribution in [-0.2, 0) is 6.54 Å². The lowest BCUT2D eigenvalue weighted by molar-refractivity contribution is -0.274. The summed E-state index contributed by atoms with van der Waals surface area (Å²) in [4.78, 5) is 2.45. The van der Waals surface area contributed by atoms with E-state index in [2.05, 4.69) is 21.9 Å². The molecule has 1 fully saturated rings. The number of rotatable bonds is 6. The largest absolute Gasteiger partial charge is 0.573 e. The van der Waals surface area contributed by atoms with E-state index < -0.39 is 6.36 Å². The van der Waals surface area contributed by atoms with Crippen molar-refractivity contribution in [1.82, 2.24) is 10.2 Å². The minimum Gasteiger partial charge on any atom is -0.406 e. The third-order valence-corrected chi connectivity index (χ3v) is 3.69. The molecule has 0 aromatic heterocycles. The van der Waals surface area contributed by atoms with Crippen LogP contribution in [0.1, 0.15) is 25.3 Å². The number of hydrogen-bond donors (Lipinski definition) is 1. The highest BCUT2D eigenvalue weighted by molar-refractivity contribution is 5.27. The van der Waals surface area contributed by atoms with Crippen LogP contribution < -0.4 is 10.1 Å². The van der Waals surface area contributed by atoms with Crippen molar-refractivity contribution in [1.29, 1.82) is 0 Å². The second-order valence-corrected chi connectivity index (χ2v) is 5.41. The zero-order valence-electron chi connectivity index (χ0n) is 12.1. The first-order valence-corrected chi connectivity index (χ1v) is 7.23. The number of nitrogens with zero attached hydrogens (tertiary/aromatic N) is 1. The maximum atomic E-state index is 12.0. The van der Waals surface area contributed by atoms with Crippen LogP contribution in [0, 0.1) is 0 Å². The highest BCUT2D eigenvalue weighted by atomic mass is 19.4. The van der Waals surface area contributed by atoms with Crippen molar-refractivity contribution < 1.29 is 17.9 Å². The topological polar surface area (TPSA) is 24.5 Å². The molecular formula is C15H21F3N2O. The van der Waals surface area contributed by atoms with Crippen LogP contribution >= 0.6 is 0 Å². The van der Waals surface area contributed by atoms with Crippen LogP contribution in [0.5, 0.6) is 5.75 Å². The summed E-state index contributed by atoms with van der Waals surface area (Å²) in [5, 5.41) is 3.34. The van der Waals surface area contributed by atoms with Crippen LogP contribution in [0.2, 0.25) is 0 Å². The van der Waals surface area contributed by atoms with Crippen molar-refractivity contribution in [2.45, 2.75) is 38.7 Å². The molecule has 0 amide bonds. The SMILES string of the molecule is CC(CNCc1ccc(OC(F)(F)F)cc1)N1CCCC1. The lowest BCUT2D eigenvalue weighted by Crippen LogP contribution is -2.38. The van der Waals surface area contributed by atoms with Crippen molar-refractivity contribution in [3.63, 3.8) is 0 Å². The maximum Gasteiger partial charge on any atom is 0.573 e. The van der Waals surface area contributed by atoms with Crippen LogP contribution in [-0.4, -0.2) is 36.9 Å². The number of likely N-dealkylation sites (tertiary alicyclic amines) is 1. The van der Waals surface area contributed by atoms with Gasteiger partial charge < -0.3 is 10.1 Å². The molecule has 1 aliphatic heterocycles. The Kier molecular flexibility index (Phi) is 5.47. The van der Waals surface area contributed by atoms with Gasteiger partial charge in [0, 0.05) is 19.1 Å². The van der Waals surface area contributed by atoms with Crippen LogP contribution in [0.15, 0.2) is 24.3 Å². The van der Waals surface area contributed by atoms with E-state index in [1.807, 2.05) is 0 Å². The predicted molar refractivity (Wildman–Crippen MR) is 75.1 cm³/mol. The van der Waals surface area contributed by atoms with Gasteiger partial charge >= 0.3 is 6.36 Å². The molecule has 0 bridgehead atoms. The molecule has 0 aliphatic carbocycles. The maximum absolute atomic E-state index is 12.0. The third-order valence-electron chi connectivity index (χ3n) is 3.69. The molecular weight excluding hydrogens is 281 g/mol. The summed E-state index contributed by atoms with van der Waals surface area (Å²) in [7, 11) is 0. The van der Waals surface area contributed by atoms with Gasteiger partial charge in [-0.15, -0.1) is 13.2 Å². The average Bonchev–Trinajstić information content (AvgIpc) is 2.93. The van der Waals surface area contributed by atoms with E-state index in [0.29, 0.717) is 12.6 Å². The van der Waals surface area contributed by atoms with E-state index in [1.165, 1.54) is 25.0 Å². The molecule has 21 heavy (non-hydrogen) atoms. The number of ether oxygens (including phenoxy) is 1. The fraction of sp³-hybridized carbons (Fsp3) is 0.600. The minimum atomic E-state index is -4.63. The van der Waals surface area contributed by atoms with Gasteiger partial charge in [-0.2, -0.15) is 0 Å². The molecule has 6 heteroatoms. The second kappa shape index (κ2) is 7.13. The first kappa shape index (κ1) is 16.1. The van der Waals surface area contributed by atoms with Gasteiger partial charge in [0.1, 0.15) is 5.75 Å². The van der Waals surface area contributed by atoms with E-state index in [0.717, 1.165) is 25.2 Å².